The first-order valence-electron chi connectivity index (χ1n) is 10.5. The number of benzene rings is 1. The Kier molecular flexibility index (Phi) is 5.96. The van der Waals surface area contributed by atoms with Crippen LogP contribution in [0.4, 0.5) is 5.82 Å². The molecule has 0 spiro atoms. The molecule has 4 rings (SSSR count). The number of carbonyl (C=O) groups excluding carboxylic acids is 1. The highest BCUT2D eigenvalue weighted by Crippen LogP contribution is 2.27. The second-order valence-electron chi connectivity index (χ2n) is 7.92. The molecule has 3 heterocycles. The maximum Gasteiger partial charge on any atom is 0.255 e. The van der Waals surface area contributed by atoms with E-state index < -0.39 is 6.04 Å². The zero-order valence-electron chi connectivity index (χ0n) is 18.6. The summed E-state index contributed by atoms with van der Waals surface area (Å²) in [4.78, 5) is 33.0. The third-order valence-electron chi connectivity index (χ3n) is 5.59. The Balaban J connectivity index is 1.77. The number of nitrogens with two attached hydrogens (primary N) is 1. The van der Waals surface area contributed by atoms with Gasteiger partial charge in [-0.2, -0.15) is 5.26 Å². The maximum atomic E-state index is 13.8. The molecule has 8 nitrogen and oxygen atoms in total. The highest BCUT2D eigenvalue weighted by Gasteiger charge is 2.26. The summed E-state index contributed by atoms with van der Waals surface area (Å²) >= 11 is 0. The lowest BCUT2D eigenvalue weighted by molar-refractivity contribution is 0.0663. The highest BCUT2D eigenvalue weighted by molar-refractivity contribution is 6.00. The van der Waals surface area contributed by atoms with E-state index in [4.69, 9.17) is 11.0 Å². The third kappa shape index (κ3) is 4.48. The van der Waals surface area contributed by atoms with Crippen molar-refractivity contribution >= 4 is 22.6 Å². The van der Waals surface area contributed by atoms with Crippen LogP contribution in [0.5, 0.6) is 0 Å². The maximum absolute atomic E-state index is 13.8. The Labute approximate surface area is 191 Å². The average Bonchev–Trinajstić information content (AvgIpc) is 2.83. The summed E-state index contributed by atoms with van der Waals surface area (Å²) in [6.45, 7) is 5.90. The topological polar surface area (TPSA) is 122 Å². The zero-order chi connectivity index (χ0) is 23.5. The standard InChI is InChI=1S/C25H23N7O/c1-15-10-22-19(9-16(2)23(27)31-22)11-21(15)25(33)32(17(3)24-28-7-4-8-29-24)14-20-6-5-18(12-26)13-30-20/h4-11,13,17H,14H2,1-3H3,(H2,27,31)/t17-/m1/s1. The SMILES string of the molecule is Cc1cc2nc(N)c(C)cc2cc1C(=O)N(Cc1ccc(C#N)cn1)[C@H](C)c1ncccn1. The van der Waals surface area contributed by atoms with Gasteiger partial charge in [0.05, 0.1) is 29.4 Å². The third-order valence-corrected chi connectivity index (χ3v) is 5.59. The van der Waals surface area contributed by atoms with Crippen LogP contribution in [0, 0.1) is 25.2 Å². The fourth-order valence-corrected chi connectivity index (χ4v) is 3.64. The molecule has 0 fully saturated rings. The molecule has 1 amide bonds. The predicted molar refractivity (Wildman–Crippen MR) is 125 cm³/mol. The number of amides is 1. The van der Waals surface area contributed by atoms with Crippen LogP contribution in [-0.2, 0) is 6.54 Å². The van der Waals surface area contributed by atoms with Crippen molar-refractivity contribution in [2.75, 3.05) is 5.73 Å². The van der Waals surface area contributed by atoms with Gasteiger partial charge in [-0.05, 0) is 68.3 Å². The van der Waals surface area contributed by atoms with Crippen molar-refractivity contribution in [2.24, 2.45) is 0 Å². The van der Waals surface area contributed by atoms with E-state index in [0.717, 1.165) is 22.0 Å². The lowest BCUT2D eigenvalue weighted by Crippen LogP contribution is -2.34. The van der Waals surface area contributed by atoms with Crippen LogP contribution in [0.25, 0.3) is 10.9 Å². The summed E-state index contributed by atoms with van der Waals surface area (Å²) < 4.78 is 0. The van der Waals surface area contributed by atoms with Crippen molar-refractivity contribution in [1.29, 1.82) is 5.26 Å². The fourth-order valence-electron chi connectivity index (χ4n) is 3.64. The summed E-state index contributed by atoms with van der Waals surface area (Å²) in [7, 11) is 0. The quantitative estimate of drug-likeness (QED) is 0.502. The number of rotatable bonds is 5. The number of fused-ring (bicyclic) bond motifs is 1. The van der Waals surface area contributed by atoms with Crippen LogP contribution in [0.2, 0.25) is 0 Å². The van der Waals surface area contributed by atoms with Crippen LogP contribution in [-0.4, -0.2) is 30.7 Å². The van der Waals surface area contributed by atoms with Gasteiger partial charge in [-0.1, -0.05) is 0 Å². The second-order valence-corrected chi connectivity index (χ2v) is 7.92. The molecule has 4 aromatic rings. The Morgan fingerprint density at radius 3 is 2.55 bits per heavy atom. The van der Waals surface area contributed by atoms with Crippen LogP contribution in [0.15, 0.2) is 55.0 Å². The Hall–Kier alpha value is -4.38. The lowest BCUT2D eigenvalue weighted by Gasteiger charge is -2.29. The van der Waals surface area contributed by atoms with Crippen molar-refractivity contribution in [3.8, 4) is 6.07 Å². The van der Waals surface area contributed by atoms with E-state index in [0.29, 0.717) is 28.5 Å². The first-order valence-corrected chi connectivity index (χ1v) is 10.5. The fraction of sp³-hybridized carbons (Fsp3) is 0.200. The molecule has 0 radical (unpaired) electrons. The molecule has 0 aliphatic heterocycles. The summed E-state index contributed by atoms with van der Waals surface area (Å²) in [5.41, 5.74) is 10.0. The minimum absolute atomic E-state index is 0.171. The van der Waals surface area contributed by atoms with Crippen molar-refractivity contribution in [1.82, 2.24) is 24.8 Å². The number of aryl methyl sites for hydroxylation is 2. The Morgan fingerprint density at radius 2 is 1.88 bits per heavy atom. The minimum atomic E-state index is -0.405. The molecular weight excluding hydrogens is 414 g/mol. The van der Waals surface area contributed by atoms with E-state index in [1.54, 1.807) is 35.5 Å². The highest BCUT2D eigenvalue weighted by atomic mass is 16.2. The van der Waals surface area contributed by atoms with Gasteiger partial charge in [-0.3, -0.25) is 9.78 Å². The molecule has 1 aromatic carbocycles. The van der Waals surface area contributed by atoms with Crippen molar-refractivity contribution in [3.63, 3.8) is 0 Å². The molecule has 2 N–H and O–H groups in total. The Morgan fingerprint density at radius 1 is 1.12 bits per heavy atom. The lowest BCUT2D eigenvalue weighted by atomic mass is 10.0. The van der Waals surface area contributed by atoms with Gasteiger partial charge >= 0.3 is 0 Å². The van der Waals surface area contributed by atoms with Crippen molar-refractivity contribution in [3.05, 3.63) is 88.8 Å². The van der Waals surface area contributed by atoms with Gasteiger partial charge in [0, 0.05) is 29.5 Å². The molecule has 0 unspecified atom stereocenters. The van der Waals surface area contributed by atoms with Crippen molar-refractivity contribution in [2.45, 2.75) is 33.4 Å². The molecule has 0 aliphatic rings. The summed E-state index contributed by atoms with van der Waals surface area (Å²) in [6.07, 6.45) is 4.81. The number of nitriles is 1. The number of hydrogen-bond acceptors (Lipinski definition) is 7. The van der Waals surface area contributed by atoms with Gasteiger partial charge in [0.2, 0.25) is 0 Å². The van der Waals surface area contributed by atoms with E-state index in [1.807, 2.05) is 39.0 Å². The number of carbonyl (C=O) groups is 1. The molecule has 8 heteroatoms. The summed E-state index contributed by atoms with van der Waals surface area (Å²) in [5.74, 6) is 0.836. The molecule has 0 saturated carbocycles. The van der Waals surface area contributed by atoms with Crippen LogP contribution < -0.4 is 5.73 Å². The average molecular weight is 438 g/mol. The first-order chi connectivity index (χ1) is 15.9. The second kappa shape index (κ2) is 9.01. The van der Waals surface area contributed by atoms with E-state index in [2.05, 4.69) is 26.0 Å². The molecule has 33 heavy (non-hydrogen) atoms. The van der Waals surface area contributed by atoms with Gasteiger partial charge < -0.3 is 10.6 Å². The van der Waals surface area contributed by atoms with Crippen LogP contribution in [0.1, 0.15) is 51.5 Å². The van der Waals surface area contributed by atoms with E-state index in [-0.39, 0.29) is 12.5 Å². The molecule has 164 valence electrons. The molecule has 0 saturated heterocycles. The predicted octanol–water partition coefficient (Wildman–Crippen LogP) is 3.89. The smallest absolute Gasteiger partial charge is 0.255 e. The number of aromatic nitrogens is 4. The first kappa shape index (κ1) is 21.8. The largest absolute Gasteiger partial charge is 0.383 e. The van der Waals surface area contributed by atoms with E-state index in [9.17, 15) is 4.79 Å². The normalized spacial score (nSPS) is 11.7. The van der Waals surface area contributed by atoms with Gasteiger partial charge in [0.25, 0.3) is 5.91 Å². The van der Waals surface area contributed by atoms with Gasteiger partial charge in [-0.25, -0.2) is 15.0 Å². The van der Waals surface area contributed by atoms with Gasteiger partial charge in [0.15, 0.2) is 0 Å². The molecule has 0 bridgehead atoms. The number of nitrogens with zero attached hydrogens (tertiary/aromatic N) is 6. The van der Waals surface area contributed by atoms with E-state index in [1.165, 1.54) is 6.20 Å². The summed E-state index contributed by atoms with van der Waals surface area (Å²) in [5, 5.41) is 9.90. The molecule has 3 aromatic heterocycles. The van der Waals surface area contributed by atoms with Crippen LogP contribution in [0.3, 0.4) is 0 Å². The van der Waals surface area contributed by atoms with Gasteiger partial charge in [0.1, 0.15) is 17.7 Å². The number of hydrogen-bond donors (Lipinski definition) is 1. The molecule has 1 atom stereocenters. The molecular formula is C25H23N7O. The van der Waals surface area contributed by atoms with Crippen LogP contribution >= 0.6 is 0 Å². The number of pyridine rings is 2. The van der Waals surface area contributed by atoms with Crippen molar-refractivity contribution < 1.29 is 4.79 Å². The minimum Gasteiger partial charge on any atom is -0.383 e. The molecule has 0 aliphatic carbocycles. The summed E-state index contributed by atoms with van der Waals surface area (Å²) in [6, 6.07) is 12.5. The number of anilines is 1. The number of nitrogen functional groups attached to an aromatic ring is 1. The monoisotopic (exact) mass is 437 g/mol. The Bertz CT molecular complexity index is 1360. The zero-order valence-corrected chi connectivity index (χ0v) is 18.6. The van der Waals surface area contributed by atoms with Gasteiger partial charge in [-0.15, -0.1) is 0 Å². The van der Waals surface area contributed by atoms with E-state index >= 15 is 0 Å².